The third-order valence-corrected chi connectivity index (χ3v) is 3.43. The van der Waals surface area contributed by atoms with Crippen molar-refractivity contribution in [1.82, 2.24) is 0 Å². The fourth-order valence-electron chi connectivity index (χ4n) is 2.13. The first-order valence-corrected chi connectivity index (χ1v) is 6.16. The summed E-state index contributed by atoms with van der Waals surface area (Å²) >= 11 is 0. The molecule has 2 unspecified atom stereocenters. The Morgan fingerprint density at radius 3 is 2.28 bits per heavy atom. The second kappa shape index (κ2) is 5.32. The van der Waals surface area contributed by atoms with Crippen molar-refractivity contribution in [2.45, 2.75) is 25.8 Å². The van der Waals surface area contributed by atoms with Crippen LogP contribution in [0.25, 0.3) is 0 Å². The Labute approximate surface area is 107 Å². The SMILES string of the molecule is Cc1cc(C(N)C(C)c2ccccc2)ccc1F. The lowest BCUT2D eigenvalue weighted by Gasteiger charge is -2.21. The van der Waals surface area contributed by atoms with Crippen LogP contribution in [-0.2, 0) is 0 Å². The maximum absolute atomic E-state index is 13.2. The van der Waals surface area contributed by atoms with E-state index < -0.39 is 0 Å². The van der Waals surface area contributed by atoms with Gasteiger partial charge in [0.15, 0.2) is 0 Å². The lowest BCUT2D eigenvalue weighted by molar-refractivity contribution is 0.588. The predicted octanol–water partition coefficient (Wildman–Crippen LogP) is 3.94. The molecule has 0 bridgehead atoms. The van der Waals surface area contributed by atoms with Crippen molar-refractivity contribution in [3.8, 4) is 0 Å². The normalized spacial score (nSPS) is 14.2. The van der Waals surface area contributed by atoms with E-state index in [1.165, 1.54) is 11.6 Å². The van der Waals surface area contributed by atoms with Gasteiger partial charge < -0.3 is 5.73 Å². The van der Waals surface area contributed by atoms with Crippen LogP contribution < -0.4 is 5.73 Å². The highest BCUT2D eigenvalue weighted by Gasteiger charge is 2.17. The maximum Gasteiger partial charge on any atom is 0.126 e. The zero-order valence-corrected chi connectivity index (χ0v) is 10.7. The number of nitrogens with two attached hydrogens (primary N) is 1. The van der Waals surface area contributed by atoms with Gasteiger partial charge in [-0.05, 0) is 29.7 Å². The molecule has 18 heavy (non-hydrogen) atoms. The zero-order chi connectivity index (χ0) is 13.1. The minimum atomic E-state index is -0.182. The molecular formula is C16H18FN. The summed E-state index contributed by atoms with van der Waals surface area (Å²) in [5.41, 5.74) is 9.09. The molecule has 1 nitrogen and oxygen atoms in total. The van der Waals surface area contributed by atoms with Crippen LogP contribution in [0.3, 0.4) is 0 Å². The molecule has 0 aromatic heterocycles. The van der Waals surface area contributed by atoms with Crippen molar-refractivity contribution < 1.29 is 4.39 Å². The van der Waals surface area contributed by atoms with Crippen molar-refractivity contribution in [1.29, 1.82) is 0 Å². The van der Waals surface area contributed by atoms with Crippen LogP contribution in [0.15, 0.2) is 48.5 Å². The summed E-state index contributed by atoms with van der Waals surface area (Å²) in [7, 11) is 0. The average Bonchev–Trinajstić information content (AvgIpc) is 2.41. The molecule has 2 N–H and O–H groups in total. The molecule has 0 radical (unpaired) electrons. The molecule has 94 valence electrons. The summed E-state index contributed by atoms with van der Waals surface area (Å²) in [6.45, 7) is 3.86. The molecular weight excluding hydrogens is 225 g/mol. The highest BCUT2D eigenvalue weighted by atomic mass is 19.1. The molecule has 2 heteroatoms. The number of aryl methyl sites for hydroxylation is 1. The molecule has 0 fully saturated rings. The molecule has 2 rings (SSSR count). The van der Waals surface area contributed by atoms with E-state index in [4.69, 9.17) is 5.73 Å². The fourth-order valence-corrected chi connectivity index (χ4v) is 2.13. The fraction of sp³-hybridized carbons (Fsp3) is 0.250. The summed E-state index contributed by atoms with van der Waals surface area (Å²) in [5.74, 6) is 0.0226. The van der Waals surface area contributed by atoms with Crippen molar-refractivity contribution in [2.24, 2.45) is 5.73 Å². The first kappa shape index (κ1) is 12.8. The minimum Gasteiger partial charge on any atom is -0.323 e. The molecule has 2 aromatic rings. The number of hydrogen-bond acceptors (Lipinski definition) is 1. The Morgan fingerprint density at radius 2 is 1.67 bits per heavy atom. The van der Waals surface area contributed by atoms with Gasteiger partial charge in [0.25, 0.3) is 0 Å². The molecule has 0 heterocycles. The van der Waals surface area contributed by atoms with Gasteiger partial charge in [0.2, 0.25) is 0 Å². The molecule has 2 atom stereocenters. The second-order valence-electron chi connectivity index (χ2n) is 4.73. The number of benzene rings is 2. The summed E-state index contributed by atoms with van der Waals surface area (Å²) in [5, 5.41) is 0. The molecule has 2 aromatic carbocycles. The van der Waals surface area contributed by atoms with Gasteiger partial charge >= 0.3 is 0 Å². The van der Waals surface area contributed by atoms with Crippen LogP contribution in [0.2, 0.25) is 0 Å². The minimum absolute atomic E-state index is 0.119. The standard InChI is InChI=1S/C16H18FN/c1-11-10-14(8-9-15(11)17)16(18)12(2)13-6-4-3-5-7-13/h3-10,12,16H,18H2,1-2H3. The van der Waals surface area contributed by atoms with Crippen molar-refractivity contribution in [3.63, 3.8) is 0 Å². The van der Waals surface area contributed by atoms with Crippen molar-refractivity contribution in [3.05, 3.63) is 71.0 Å². The van der Waals surface area contributed by atoms with E-state index in [1.807, 2.05) is 24.3 Å². The van der Waals surface area contributed by atoms with E-state index in [0.717, 1.165) is 5.56 Å². The van der Waals surface area contributed by atoms with Crippen molar-refractivity contribution >= 4 is 0 Å². The van der Waals surface area contributed by atoms with E-state index in [1.54, 1.807) is 13.0 Å². The summed E-state index contributed by atoms with van der Waals surface area (Å²) in [6, 6.07) is 15.1. The zero-order valence-electron chi connectivity index (χ0n) is 10.7. The number of halogens is 1. The van der Waals surface area contributed by atoms with Crippen LogP contribution in [0.4, 0.5) is 4.39 Å². The van der Waals surface area contributed by atoms with E-state index in [-0.39, 0.29) is 17.8 Å². The highest BCUT2D eigenvalue weighted by molar-refractivity contribution is 5.30. The van der Waals surface area contributed by atoms with E-state index in [2.05, 4.69) is 19.1 Å². The van der Waals surface area contributed by atoms with Crippen LogP contribution in [0.5, 0.6) is 0 Å². The molecule has 0 aliphatic rings. The van der Waals surface area contributed by atoms with Gasteiger partial charge in [0.1, 0.15) is 5.82 Å². The van der Waals surface area contributed by atoms with Crippen LogP contribution in [-0.4, -0.2) is 0 Å². The molecule has 0 saturated heterocycles. The Bertz CT molecular complexity index is 522. The van der Waals surface area contributed by atoms with E-state index in [9.17, 15) is 4.39 Å². The molecule has 0 saturated carbocycles. The summed E-state index contributed by atoms with van der Waals surface area (Å²) in [4.78, 5) is 0. The molecule has 0 spiro atoms. The third kappa shape index (κ3) is 2.59. The highest BCUT2D eigenvalue weighted by Crippen LogP contribution is 2.29. The van der Waals surface area contributed by atoms with Gasteiger partial charge in [-0.25, -0.2) is 4.39 Å². The smallest absolute Gasteiger partial charge is 0.126 e. The summed E-state index contributed by atoms with van der Waals surface area (Å²) < 4.78 is 13.2. The number of rotatable bonds is 3. The molecule has 0 amide bonds. The van der Waals surface area contributed by atoms with Crippen LogP contribution in [0.1, 0.15) is 35.6 Å². The van der Waals surface area contributed by atoms with Gasteiger partial charge in [0, 0.05) is 12.0 Å². The van der Waals surface area contributed by atoms with Gasteiger partial charge in [-0.1, -0.05) is 49.4 Å². The average molecular weight is 243 g/mol. The topological polar surface area (TPSA) is 26.0 Å². The lowest BCUT2D eigenvalue weighted by atomic mass is 9.89. The largest absolute Gasteiger partial charge is 0.323 e. The Balaban J connectivity index is 2.25. The van der Waals surface area contributed by atoms with Crippen molar-refractivity contribution in [2.75, 3.05) is 0 Å². The maximum atomic E-state index is 13.2. The predicted molar refractivity (Wildman–Crippen MR) is 72.9 cm³/mol. The monoisotopic (exact) mass is 243 g/mol. The third-order valence-electron chi connectivity index (χ3n) is 3.43. The van der Waals surface area contributed by atoms with Gasteiger partial charge in [-0.2, -0.15) is 0 Å². The Hall–Kier alpha value is -1.67. The second-order valence-corrected chi connectivity index (χ2v) is 4.73. The molecule has 0 aliphatic carbocycles. The molecule has 0 aliphatic heterocycles. The van der Waals surface area contributed by atoms with Crippen LogP contribution >= 0.6 is 0 Å². The Morgan fingerprint density at radius 1 is 1.00 bits per heavy atom. The van der Waals surface area contributed by atoms with Gasteiger partial charge in [-0.3, -0.25) is 0 Å². The summed E-state index contributed by atoms with van der Waals surface area (Å²) in [6.07, 6.45) is 0. The first-order valence-electron chi connectivity index (χ1n) is 6.16. The van der Waals surface area contributed by atoms with E-state index in [0.29, 0.717) is 5.56 Å². The van der Waals surface area contributed by atoms with E-state index >= 15 is 0 Å². The van der Waals surface area contributed by atoms with Crippen LogP contribution in [0, 0.1) is 12.7 Å². The quantitative estimate of drug-likeness (QED) is 0.868. The Kier molecular flexibility index (Phi) is 3.78. The first-order chi connectivity index (χ1) is 8.59. The van der Waals surface area contributed by atoms with Gasteiger partial charge in [-0.15, -0.1) is 0 Å². The van der Waals surface area contributed by atoms with Gasteiger partial charge in [0.05, 0.1) is 0 Å². The lowest BCUT2D eigenvalue weighted by Crippen LogP contribution is -2.17. The number of hydrogen-bond donors (Lipinski definition) is 1.